The van der Waals surface area contributed by atoms with E-state index in [1.807, 2.05) is 30.3 Å². The molecule has 0 amide bonds. The van der Waals surface area contributed by atoms with Gasteiger partial charge in [-0.25, -0.2) is 0 Å². The number of aromatic hydroxyl groups is 2. The number of phenolic OH excluding ortho intramolecular Hbond substituents is 1. The maximum absolute atomic E-state index is 10.2. The highest BCUT2D eigenvalue weighted by Gasteiger charge is 2.12. The maximum Gasteiger partial charge on any atom is 0.290 e. The van der Waals surface area contributed by atoms with Crippen LogP contribution in [0.3, 0.4) is 0 Å². The SMILES string of the molecule is O=CO.OC(=Cc1ccccc1)c1cnc(-c2ccccc2O)c(O)c1. The van der Waals surface area contributed by atoms with Gasteiger partial charge in [0.1, 0.15) is 23.0 Å². The largest absolute Gasteiger partial charge is 0.507 e. The first kappa shape index (κ1) is 18.5. The number of carbonyl (C=O) groups is 1. The zero-order valence-electron chi connectivity index (χ0n) is 13.6. The Morgan fingerprint density at radius 3 is 2.15 bits per heavy atom. The summed E-state index contributed by atoms with van der Waals surface area (Å²) >= 11 is 0. The quantitative estimate of drug-likeness (QED) is 0.420. The van der Waals surface area contributed by atoms with Crippen molar-refractivity contribution in [1.82, 2.24) is 4.98 Å². The predicted octanol–water partition coefficient (Wildman–Crippen LogP) is 3.92. The van der Waals surface area contributed by atoms with Crippen molar-refractivity contribution in [2.24, 2.45) is 0 Å². The first-order valence-corrected chi connectivity index (χ1v) is 7.58. The highest BCUT2D eigenvalue weighted by Crippen LogP contribution is 2.34. The van der Waals surface area contributed by atoms with Crippen LogP contribution in [0.2, 0.25) is 0 Å². The summed E-state index contributed by atoms with van der Waals surface area (Å²) in [6.07, 6.45) is 3.05. The standard InChI is InChI=1S/C19H15NO3.CH2O2/c21-16-9-5-4-8-15(16)19-18(23)11-14(12-20-19)17(22)10-13-6-2-1-3-7-13;2-1-3/h1-12,21-23H;1H,(H,2,3). The van der Waals surface area contributed by atoms with Gasteiger partial charge < -0.3 is 20.4 Å². The third-order valence-corrected chi connectivity index (χ3v) is 3.43. The van der Waals surface area contributed by atoms with Gasteiger partial charge in [-0.1, -0.05) is 42.5 Å². The second-order valence-electron chi connectivity index (χ2n) is 5.15. The zero-order valence-corrected chi connectivity index (χ0v) is 13.6. The number of aliphatic hydroxyl groups excluding tert-OH is 1. The number of nitrogens with zero attached hydrogens (tertiary/aromatic N) is 1. The van der Waals surface area contributed by atoms with Gasteiger partial charge in [0.15, 0.2) is 0 Å². The monoisotopic (exact) mass is 351 g/mol. The fourth-order valence-electron chi connectivity index (χ4n) is 2.27. The van der Waals surface area contributed by atoms with E-state index in [9.17, 15) is 15.3 Å². The minimum atomic E-state index is -0.250. The van der Waals surface area contributed by atoms with Gasteiger partial charge >= 0.3 is 0 Å². The first-order chi connectivity index (χ1) is 12.6. The highest BCUT2D eigenvalue weighted by atomic mass is 16.3. The number of benzene rings is 2. The van der Waals surface area contributed by atoms with Crippen LogP contribution in [0.5, 0.6) is 11.5 Å². The molecule has 1 heterocycles. The van der Waals surface area contributed by atoms with Gasteiger partial charge in [0.25, 0.3) is 6.47 Å². The van der Waals surface area contributed by atoms with E-state index in [4.69, 9.17) is 9.90 Å². The molecule has 132 valence electrons. The molecule has 0 atom stereocenters. The van der Waals surface area contributed by atoms with Crippen molar-refractivity contribution in [1.29, 1.82) is 0 Å². The molecule has 4 N–H and O–H groups in total. The molecule has 0 aliphatic rings. The number of phenols is 1. The van der Waals surface area contributed by atoms with Gasteiger partial charge in [0.05, 0.1) is 0 Å². The van der Waals surface area contributed by atoms with Crippen LogP contribution >= 0.6 is 0 Å². The Balaban J connectivity index is 0.000000758. The lowest BCUT2D eigenvalue weighted by Gasteiger charge is -2.08. The number of para-hydroxylation sites is 1. The smallest absolute Gasteiger partial charge is 0.290 e. The van der Waals surface area contributed by atoms with Crippen LogP contribution in [0.1, 0.15) is 11.1 Å². The molecule has 0 radical (unpaired) electrons. The third-order valence-electron chi connectivity index (χ3n) is 3.43. The predicted molar refractivity (Wildman–Crippen MR) is 98.6 cm³/mol. The van der Waals surface area contributed by atoms with Gasteiger partial charge in [-0.15, -0.1) is 0 Å². The van der Waals surface area contributed by atoms with E-state index in [1.54, 1.807) is 24.3 Å². The van der Waals surface area contributed by atoms with Gasteiger partial charge in [-0.2, -0.15) is 0 Å². The molecule has 3 rings (SSSR count). The van der Waals surface area contributed by atoms with Crippen molar-refractivity contribution < 1.29 is 25.2 Å². The van der Waals surface area contributed by atoms with Crippen LogP contribution in [0.25, 0.3) is 23.1 Å². The molecule has 0 saturated carbocycles. The molecule has 2 aromatic carbocycles. The number of pyridine rings is 1. The van der Waals surface area contributed by atoms with E-state index in [0.29, 0.717) is 11.1 Å². The number of aliphatic hydroxyl groups is 1. The number of hydrogen-bond donors (Lipinski definition) is 4. The number of rotatable bonds is 3. The summed E-state index contributed by atoms with van der Waals surface area (Å²) in [5, 5.41) is 37.1. The summed E-state index contributed by atoms with van der Waals surface area (Å²) in [6, 6.07) is 17.4. The highest BCUT2D eigenvalue weighted by molar-refractivity contribution is 5.79. The zero-order chi connectivity index (χ0) is 18.9. The molecule has 0 unspecified atom stereocenters. The third kappa shape index (κ3) is 4.61. The lowest BCUT2D eigenvalue weighted by Crippen LogP contribution is -1.90. The van der Waals surface area contributed by atoms with Crippen molar-refractivity contribution >= 4 is 18.3 Å². The van der Waals surface area contributed by atoms with Crippen LogP contribution in [-0.4, -0.2) is 31.9 Å². The summed E-state index contributed by atoms with van der Waals surface area (Å²) < 4.78 is 0. The minimum Gasteiger partial charge on any atom is -0.507 e. The Morgan fingerprint density at radius 2 is 1.54 bits per heavy atom. The number of hydrogen-bond acceptors (Lipinski definition) is 5. The molecule has 3 aromatic rings. The first-order valence-electron chi connectivity index (χ1n) is 7.58. The Bertz CT molecular complexity index is 907. The fourth-order valence-corrected chi connectivity index (χ4v) is 2.27. The van der Waals surface area contributed by atoms with E-state index in [-0.39, 0.29) is 29.4 Å². The summed E-state index contributed by atoms with van der Waals surface area (Å²) in [5.74, 6) is -0.0769. The average Bonchev–Trinajstić information content (AvgIpc) is 2.64. The van der Waals surface area contributed by atoms with E-state index >= 15 is 0 Å². The Hall–Kier alpha value is -3.80. The Morgan fingerprint density at radius 1 is 0.923 bits per heavy atom. The second kappa shape index (κ2) is 8.89. The average molecular weight is 351 g/mol. The van der Waals surface area contributed by atoms with Gasteiger partial charge in [-0.3, -0.25) is 9.78 Å². The van der Waals surface area contributed by atoms with Crippen molar-refractivity contribution in [3.8, 4) is 22.8 Å². The summed E-state index contributed by atoms with van der Waals surface area (Å²) in [5.41, 5.74) is 1.93. The van der Waals surface area contributed by atoms with Crippen molar-refractivity contribution in [2.45, 2.75) is 0 Å². The van der Waals surface area contributed by atoms with E-state index in [0.717, 1.165) is 5.56 Å². The van der Waals surface area contributed by atoms with Gasteiger partial charge in [-0.05, 0) is 29.8 Å². The topological polar surface area (TPSA) is 111 Å². The van der Waals surface area contributed by atoms with Crippen LogP contribution in [0.15, 0.2) is 66.9 Å². The molecule has 1 aromatic heterocycles. The molecule has 0 aliphatic carbocycles. The van der Waals surface area contributed by atoms with E-state index in [2.05, 4.69) is 4.98 Å². The number of aromatic nitrogens is 1. The van der Waals surface area contributed by atoms with Crippen molar-refractivity contribution in [3.63, 3.8) is 0 Å². The van der Waals surface area contributed by atoms with E-state index in [1.165, 1.54) is 18.3 Å². The van der Waals surface area contributed by atoms with Crippen LogP contribution in [-0.2, 0) is 4.79 Å². The lowest BCUT2D eigenvalue weighted by atomic mass is 10.1. The normalized spacial score (nSPS) is 10.5. The molecular weight excluding hydrogens is 334 g/mol. The van der Waals surface area contributed by atoms with Gasteiger partial charge in [0.2, 0.25) is 0 Å². The molecule has 26 heavy (non-hydrogen) atoms. The molecule has 6 nitrogen and oxygen atoms in total. The Kier molecular flexibility index (Phi) is 6.34. The summed E-state index contributed by atoms with van der Waals surface area (Å²) in [6.45, 7) is -0.250. The van der Waals surface area contributed by atoms with Gasteiger partial charge in [0, 0.05) is 17.3 Å². The van der Waals surface area contributed by atoms with E-state index < -0.39 is 0 Å². The lowest BCUT2D eigenvalue weighted by molar-refractivity contribution is -0.122. The van der Waals surface area contributed by atoms with Crippen LogP contribution in [0, 0.1) is 0 Å². The molecule has 0 bridgehead atoms. The molecule has 0 spiro atoms. The molecule has 0 fully saturated rings. The molecule has 6 heteroatoms. The summed E-state index contributed by atoms with van der Waals surface area (Å²) in [4.78, 5) is 12.5. The molecule has 0 aliphatic heterocycles. The fraction of sp³-hybridized carbons (Fsp3) is 0. The summed E-state index contributed by atoms with van der Waals surface area (Å²) in [7, 11) is 0. The molecular formula is C20H17NO5. The second-order valence-corrected chi connectivity index (χ2v) is 5.15. The van der Waals surface area contributed by atoms with Crippen molar-refractivity contribution in [3.05, 3.63) is 78.0 Å². The molecule has 0 saturated heterocycles. The Labute approximate surface area is 150 Å². The maximum atomic E-state index is 10.2. The number of carboxylic acid groups (broad SMARTS) is 1. The van der Waals surface area contributed by atoms with Crippen molar-refractivity contribution in [2.75, 3.05) is 0 Å². The van der Waals surface area contributed by atoms with Crippen LogP contribution < -0.4 is 0 Å². The minimum absolute atomic E-state index is 0.00262. The van der Waals surface area contributed by atoms with Crippen LogP contribution in [0.4, 0.5) is 0 Å².